The van der Waals surface area contributed by atoms with E-state index in [-0.39, 0.29) is 12.1 Å². The second-order valence-electron chi connectivity index (χ2n) is 5.64. The lowest BCUT2D eigenvalue weighted by Gasteiger charge is -2.22. The largest absolute Gasteiger partial charge is 0.493 e. The number of ether oxygens (including phenoxy) is 1. The first-order chi connectivity index (χ1) is 8.42. The summed E-state index contributed by atoms with van der Waals surface area (Å²) in [6, 6.07) is 6.20. The van der Waals surface area contributed by atoms with Crippen molar-refractivity contribution in [3.8, 4) is 5.75 Å². The molecule has 0 fully saturated rings. The maximum atomic E-state index is 8.78. The SMILES string of the molecule is Cc1ccc(OCCCO)c(CNC(C)(C)C)c1. The van der Waals surface area contributed by atoms with Gasteiger partial charge in [0.1, 0.15) is 5.75 Å². The highest BCUT2D eigenvalue weighted by molar-refractivity contribution is 5.36. The summed E-state index contributed by atoms with van der Waals surface area (Å²) in [4.78, 5) is 0. The summed E-state index contributed by atoms with van der Waals surface area (Å²) in [6.07, 6.45) is 0.667. The minimum Gasteiger partial charge on any atom is -0.493 e. The quantitative estimate of drug-likeness (QED) is 0.764. The first-order valence-electron chi connectivity index (χ1n) is 6.50. The zero-order valence-corrected chi connectivity index (χ0v) is 11.9. The molecular formula is C15H25NO2. The number of hydrogen-bond acceptors (Lipinski definition) is 3. The highest BCUT2D eigenvalue weighted by Crippen LogP contribution is 2.21. The monoisotopic (exact) mass is 251 g/mol. The van der Waals surface area contributed by atoms with Crippen LogP contribution >= 0.6 is 0 Å². The molecule has 0 aliphatic heterocycles. The van der Waals surface area contributed by atoms with Crippen molar-refractivity contribution in [3.05, 3.63) is 29.3 Å². The summed E-state index contributed by atoms with van der Waals surface area (Å²) in [5.41, 5.74) is 2.49. The summed E-state index contributed by atoms with van der Waals surface area (Å²) in [5, 5.41) is 12.2. The number of nitrogens with one attached hydrogen (secondary N) is 1. The van der Waals surface area contributed by atoms with E-state index in [1.54, 1.807) is 0 Å². The van der Waals surface area contributed by atoms with Crippen LogP contribution in [0.1, 0.15) is 38.3 Å². The average Bonchev–Trinajstić information content (AvgIpc) is 2.28. The number of hydrogen-bond donors (Lipinski definition) is 2. The molecule has 18 heavy (non-hydrogen) atoms. The van der Waals surface area contributed by atoms with Crippen molar-refractivity contribution in [1.82, 2.24) is 5.32 Å². The van der Waals surface area contributed by atoms with E-state index in [1.807, 2.05) is 6.07 Å². The van der Waals surface area contributed by atoms with Crippen LogP contribution < -0.4 is 10.1 Å². The lowest BCUT2D eigenvalue weighted by atomic mass is 10.1. The van der Waals surface area contributed by atoms with Gasteiger partial charge in [0.15, 0.2) is 0 Å². The highest BCUT2D eigenvalue weighted by atomic mass is 16.5. The first kappa shape index (κ1) is 15.0. The minimum atomic E-state index is 0.0894. The van der Waals surface area contributed by atoms with Crippen molar-refractivity contribution in [2.45, 2.75) is 46.2 Å². The Morgan fingerprint density at radius 2 is 2.00 bits per heavy atom. The molecular weight excluding hydrogens is 226 g/mol. The summed E-state index contributed by atoms with van der Waals surface area (Å²) in [5.74, 6) is 0.908. The van der Waals surface area contributed by atoms with Gasteiger partial charge >= 0.3 is 0 Å². The third-order valence-electron chi connectivity index (χ3n) is 2.59. The molecule has 1 rings (SSSR count). The Hall–Kier alpha value is -1.06. The van der Waals surface area contributed by atoms with Crippen molar-refractivity contribution in [3.63, 3.8) is 0 Å². The maximum absolute atomic E-state index is 8.78. The average molecular weight is 251 g/mol. The second kappa shape index (κ2) is 6.76. The lowest BCUT2D eigenvalue weighted by Crippen LogP contribution is -2.35. The van der Waals surface area contributed by atoms with Gasteiger partial charge in [0, 0.05) is 30.7 Å². The van der Waals surface area contributed by atoms with Gasteiger partial charge in [-0.2, -0.15) is 0 Å². The van der Waals surface area contributed by atoms with Crippen LogP contribution in [0.2, 0.25) is 0 Å². The van der Waals surface area contributed by atoms with Crippen molar-refractivity contribution < 1.29 is 9.84 Å². The van der Waals surface area contributed by atoms with Gasteiger partial charge in [0.2, 0.25) is 0 Å². The molecule has 0 aliphatic carbocycles. The molecule has 3 nitrogen and oxygen atoms in total. The van der Waals surface area contributed by atoms with Crippen molar-refractivity contribution in [1.29, 1.82) is 0 Å². The van der Waals surface area contributed by atoms with Gasteiger partial charge in [-0.1, -0.05) is 17.7 Å². The van der Waals surface area contributed by atoms with E-state index in [0.717, 1.165) is 12.3 Å². The molecule has 102 valence electrons. The van der Waals surface area contributed by atoms with Crippen LogP contribution in [-0.2, 0) is 6.54 Å². The molecule has 0 aliphatic rings. The molecule has 0 heterocycles. The molecule has 1 aromatic carbocycles. The number of aliphatic hydroxyl groups is 1. The standard InChI is InChI=1S/C15H25NO2/c1-12-6-7-14(18-9-5-8-17)13(10-12)11-16-15(2,3)4/h6-7,10,16-17H,5,8-9,11H2,1-4H3. The van der Waals surface area contributed by atoms with Crippen LogP contribution in [0.15, 0.2) is 18.2 Å². The number of aliphatic hydroxyl groups excluding tert-OH is 1. The van der Waals surface area contributed by atoms with E-state index >= 15 is 0 Å². The zero-order valence-electron chi connectivity index (χ0n) is 11.9. The topological polar surface area (TPSA) is 41.5 Å². The van der Waals surface area contributed by atoms with Gasteiger partial charge in [-0.25, -0.2) is 0 Å². The highest BCUT2D eigenvalue weighted by Gasteiger charge is 2.11. The normalized spacial score (nSPS) is 11.6. The lowest BCUT2D eigenvalue weighted by molar-refractivity contribution is 0.232. The fourth-order valence-corrected chi connectivity index (χ4v) is 1.59. The Morgan fingerprint density at radius 3 is 2.61 bits per heavy atom. The van der Waals surface area contributed by atoms with Crippen LogP contribution in [0.4, 0.5) is 0 Å². The predicted molar refractivity (Wildman–Crippen MR) is 75.0 cm³/mol. The summed E-state index contributed by atoms with van der Waals surface area (Å²) < 4.78 is 5.70. The molecule has 2 N–H and O–H groups in total. The summed E-state index contributed by atoms with van der Waals surface area (Å²) in [6.45, 7) is 10.0. The minimum absolute atomic E-state index is 0.0894. The Bertz CT molecular complexity index is 369. The molecule has 0 aromatic heterocycles. The molecule has 0 saturated carbocycles. The van der Waals surface area contributed by atoms with Gasteiger partial charge in [-0.15, -0.1) is 0 Å². The van der Waals surface area contributed by atoms with Gasteiger partial charge in [-0.05, 0) is 33.8 Å². The van der Waals surface area contributed by atoms with Gasteiger partial charge < -0.3 is 15.2 Å². The molecule has 0 atom stereocenters. The number of aryl methyl sites for hydroxylation is 1. The molecule has 0 spiro atoms. The molecule has 3 heteroatoms. The molecule has 0 unspecified atom stereocenters. The summed E-state index contributed by atoms with van der Waals surface area (Å²) >= 11 is 0. The van der Waals surface area contributed by atoms with E-state index in [4.69, 9.17) is 9.84 Å². The molecule has 1 aromatic rings. The van der Waals surface area contributed by atoms with E-state index in [9.17, 15) is 0 Å². The predicted octanol–water partition coefficient (Wildman–Crippen LogP) is 2.64. The Labute approximate surface area is 110 Å². The van der Waals surface area contributed by atoms with Crippen LogP contribution in [0.5, 0.6) is 5.75 Å². The van der Waals surface area contributed by atoms with Gasteiger partial charge in [0.05, 0.1) is 6.61 Å². The fourth-order valence-electron chi connectivity index (χ4n) is 1.59. The maximum Gasteiger partial charge on any atom is 0.123 e. The number of benzene rings is 1. The zero-order chi connectivity index (χ0) is 13.6. The van der Waals surface area contributed by atoms with Gasteiger partial charge in [0.25, 0.3) is 0 Å². The molecule has 0 saturated heterocycles. The third-order valence-corrected chi connectivity index (χ3v) is 2.59. The number of rotatable bonds is 6. The fraction of sp³-hybridized carbons (Fsp3) is 0.600. The summed E-state index contributed by atoms with van der Waals surface area (Å²) in [7, 11) is 0. The van der Waals surface area contributed by atoms with Crippen molar-refractivity contribution in [2.75, 3.05) is 13.2 Å². The van der Waals surface area contributed by atoms with E-state index < -0.39 is 0 Å². The van der Waals surface area contributed by atoms with Crippen LogP contribution in [0, 0.1) is 6.92 Å². The van der Waals surface area contributed by atoms with E-state index in [0.29, 0.717) is 13.0 Å². The Morgan fingerprint density at radius 1 is 1.28 bits per heavy atom. The Balaban J connectivity index is 2.70. The molecule has 0 radical (unpaired) electrons. The Kier molecular flexibility index (Phi) is 5.63. The van der Waals surface area contributed by atoms with Crippen molar-refractivity contribution in [2.24, 2.45) is 0 Å². The molecule has 0 amide bonds. The van der Waals surface area contributed by atoms with Gasteiger partial charge in [-0.3, -0.25) is 0 Å². The first-order valence-corrected chi connectivity index (χ1v) is 6.50. The van der Waals surface area contributed by atoms with Crippen LogP contribution in [-0.4, -0.2) is 23.9 Å². The van der Waals surface area contributed by atoms with Crippen LogP contribution in [0.3, 0.4) is 0 Å². The second-order valence-corrected chi connectivity index (χ2v) is 5.64. The van der Waals surface area contributed by atoms with E-state index in [1.165, 1.54) is 11.1 Å². The van der Waals surface area contributed by atoms with Crippen LogP contribution in [0.25, 0.3) is 0 Å². The van der Waals surface area contributed by atoms with Crippen molar-refractivity contribution >= 4 is 0 Å². The smallest absolute Gasteiger partial charge is 0.123 e. The molecule has 0 bridgehead atoms. The third kappa shape index (κ3) is 5.52. The van der Waals surface area contributed by atoms with E-state index in [2.05, 4.69) is 45.1 Å².